The zero-order valence-corrected chi connectivity index (χ0v) is 23.2. The first-order chi connectivity index (χ1) is 20.3. The van der Waals surface area contributed by atoms with Gasteiger partial charge in [0.15, 0.2) is 0 Å². The molecule has 0 saturated heterocycles. The van der Waals surface area contributed by atoms with Crippen LogP contribution in [0.1, 0.15) is 0 Å². The summed E-state index contributed by atoms with van der Waals surface area (Å²) in [6.07, 6.45) is 0. The molecule has 0 amide bonds. The van der Waals surface area contributed by atoms with Crippen LogP contribution >= 0.6 is 0 Å². The van der Waals surface area contributed by atoms with Gasteiger partial charge in [0.2, 0.25) is 0 Å². The molecule has 0 bridgehead atoms. The number of hydrogen-bond acceptors (Lipinski definition) is 4. The number of para-hydroxylation sites is 4. The normalized spacial score (nSPS) is 14.3. The van der Waals surface area contributed by atoms with E-state index in [9.17, 15) is 0 Å². The molecule has 0 unspecified atom stereocenters. The highest BCUT2D eigenvalue weighted by Crippen LogP contribution is 2.55. The van der Waals surface area contributed by atoms with E-state index >= 15 is 0 Å². The summed E-state index contributed by atoms with van der Waals surface area (Å²) in [7, 11) is -3.40. The van der Waals surface area contributed by atoms with E-state index in [0.29, 0.717) is 0 Å². The van der Waals surface area contributed by atoms with Gasteiger partial charge in [0, 0.05) is 11.4 Å². The smallest absolute Gasteiger partial charge is 0.478 e. The predicted octanol–water partition coefficient (Wildman–Crippen LogP) is 9.22. The molecule has 196 valence electrons. The number of hydrogen-bond donors (Lipinski definition) is 0. The number of rotatable bonds is 4. The monoisotopic (exact) mass is 546 g/mol. The fourth-order valence-electron chi connectivity index (χ4n) is 5.87. The maximum atomic E-state index is 7.03. The quantitative estimate of drug-likeness (QED) is 0.206. The van der Waals surface area contributed by atoms with Crippen molar-refractivity contribution in [2.45, 2.75) is 0 Å². The molecule has 0 atom stereocenters. The van der Waals surface area contributed by atoms with Crippen molar-refractivity contribution in [2.75, 3.05) is 9.13 Å². The Morgan fingerprint density at radius 3 is 1.22 bits per heavy atom. The highest BCUT2D eigenvalue weighted by Gasteiger charge is 2.68. The molecule has 0 N–H and O–H groups in total. The van der Waals surface area contributed by atoms with E-state index in [1.54, 1.807) is 0 Å². The fraction of sp³-hybridized carbons (Fsp3) is 0. The highest BCUT2D eigenvalue weighted by molar-refractivity contribution is 6.81. The van der Waals surface area contributed by atoms with Gasteiger partial charge >= 0.3 is 8.88 Å². The van der Waals surface area contributed by atoms with E-state index in [4.69, 9.17) is 8.85 Å². The Morgan fingerprint density at radius 1 is 0.366 bits per heavy atom. The lowest BCUT2D eigenvalue weighted by atomic mass is 10.1. The van der Waals surface area contributed by atoms with Crippen LogP contribution in [-0.2, 0) is 0 Å². The van der Waals surface area contributed by atoms with Gasteiger partial charge in [-0.2, -0.15) is 0 Å². The van der Waals surface area contributed by atoms with E-state index < -0.39 is 8.88 Å². The Balaban J connectivity index is 1.34. The molecule has 2 aliphatic rings. The third-order valence-corrected chi connectivity index (χ3v) is 10.8. The van der Waals surface area contributed by atoms with Crippen LogP contribution in [0.15, 0.2) is 158 Å². The Kier molecular flexibility index (Phi) is 5.43. The minimum atomic E-state index is -3.40. The van der Waals surface area contributed by atoms with Crippen molar-refractivity contribution >= 4 is 31.6 Å². The second-order valence-corrected chi connectivity index (χ2v) is 12.6. The summed E-state index contributed by atoms with van der Waals surface area (Å²) in [5, 5.41) is 0. The molecular formula is C36H26N2O2Si. The molecule has 0 aromatic heterocycles. The van der Waals surface area contributed by atoms with Gasteiger partial charge < -0.3 is 8.85 Å². The third kappa shape index (κ3) is 3.82. The van der Waals surface area contributed by atoms with Gasteiger partial charge in [0.05, 0.1) is 11.4 Å². The first kappa shape index (κ1) is 23.6. The standard InChI is InChI=1S/C36H26N2O2Si/c1-3-13-27(14-4-1)29-17-11-19-31(25-29)37-33-21-7-9-23-35(33)39-41(37)38(34-22-8-10-24-36(34)40-41)32-20-12-18-30(26-32)28-15-5-2-6-16-28/h1-26H. The maximum Gasteiger partial charge on any atom is 0.733 e. The zero-order valence-electron chi connectivity index (χ0n) is 22.2. The van der Waals surface area contributed by atoms with Gasteiger partial charge in [-0.25, -0.2) is 0 Å². The third-order valence-electron chi connectivity index (χ3n) is 7.69. The fourth-order valence-corrected chi connectivity index (χ4v) is 9.30. The summed E-state index contributed by atoms with van der Waals surface area (Å²) in [4.78, 5) is 0. The van der Waals surface area contributed by atoms with Crippen LogP contribution in [-0.4, -0.2) is 8.88 Å². The zero-order chi connectivity index (χ0) is 27.2. The molecule has 5 heteroatoms. The molecule has 4 nitrogen and oxygen atoms in total. The van der Waals surface area contributed by atoms with Gasteiger partial charge in [0.25, 0.3) is 0 Å². The van der Waals surface area contributed by atoms with Crippen LogP contribution < -0.4 is 18.0 Å². The lowest BCUT2D eigenvalue weighted by Crippen LogP contribution is -2.67. The van der Waals surface area contributed by atoms with Gasteiger partial charge in [-0.3, -0.25) is 9.13 Å². The van der Waals surface area contributed by atoms with E-state index in [0.717, 1.165) is 45.4 Å². The molecule has 0 fully saturated rings. The van der Waals surface area contributed by atoms with E-state index in [1.165, 1.54) is 11.1 Å². The lowest BCUT2D eigenvalue weighted by Gasteiger charge is -2.36. The highest BCUT2D eigenvalue weighted by atomic mass is 28.4. The van der Waals surface area contributed by atoms with Crippen LogP contribution in [0.4, 0.5) is 22.7 Å². The second-order valence-electron chi connectivity index (χ2n) is 10.2. The number of anilines is 4. The van der Waals surface area contributed by atoms with Crippen molar-refractivity contribution in [1.29, 1.82) is 0 Å². The molecule has 1 spiro atoms. The van der Waals surface area contributed by atoms with Crippen molar-refractivity contribution < 1.29 is 8.85 Å². The summed E-state index contributed by atoms with van der Waals surface area (Å²) in [6.45, 7) is 0. The Labute approximate surface area is 240 Å². The summed E-state index contributed by atoms with van der Waals surface area (Å²) >= 11 is 0. The average Bonchev–Trinajstić information content (AvgIpc) is 3.55. The van der Waals surface area contributed by atoms with Crippen molar-refractivity contribution in [3.8, 4) is 33.8 Å². The molecule has 41 heavy (non-hydrogen) atoms. The minimum absolute atomic E-state index is 0.821. The maximum absolute atomic E-state index is 7.03. The van der Waals surface area contributed by atoms with Gasteiger partial charge in [0.1, 0.15) is 11.5 Å². The summed E-state index contributed by atoms with van der Waals surface area (Å²) < 4.78 is 18.7. The van der Waals surface area contributed by atoms with Gasteiger partial charge in [-0.15, -0.1) is 0 Å². The van der Waals surface area contributed by atoms with Crippen molar-refractivity contribution in [1.82, 2.24) is 0 Å². The largest absolute Gasteiger partial charge is 0.733 e. The van der Waals surface area contributed by atoms with Crippen molar-refractivity contribution in [2.24, 2.45) is 0 Å². The van der Waals surface area contributed by atoms with Crippen molar-refractivity contribution in [3.63, 3.8) is 0 Å². The Bertz CT molecular complexity index is 1740. The Hall–Kier alpha value is -5.26. The molecule has 2 aliphatic heterocycles. The molecule has 0 radical (unpaired) electrons. The molecule has 0 saturated carbocycles. The van der Waals surface area contributed by atoms with E-state index in [2.05, 4.69) is 130 Å². The van der Waals surface area contributed by atoms with Gasteiger partial charge in [-0.1, -0.05) is 109 Å². The average molecular weight is 547 g/mol. The minimum Gasteiger partial charge on any atom is -0.478 e. The Morgan fingerprint density at radius 2 is 0.756 bits per heavy atom. The first-order valence-electron chi connectivity index (χ1n) is 13.8. The molecule has 0 aliphatic carbocycles. The van der Waals surface area contributed by atoms with Crippen LogP contribution in [0.5, 0.6) is 11.5 Å². The predicted molar refractivity (Wildman–Crippen MR) is 168 cm³/mol. The van der Waals surface area contributed by atoms with Crippen LogP contribution in [0, 0.1) is 0 Å². The van der Waals surface area contributed by atoms with Crippen LogP contribution in [0.2, 0.25) is 0 Å². The first-order valence-corrected chi connectivity index (χ1v) is 15.5. The van der Waals surface area contributed by atoms with Gasteiger partial charge in [-0.05, 0) is 70.8 Å². The second kappa shape index (κ2) is 9.43. The van der Waals surface area contributed by atoms with E-state index in [1.807, 2.05) is 36.4 Å². The van der Waals surface area contributed by atoms with Crippen LogP contribution in [0.3, 0.4) is 0 Å². The molecule has 6 aromatic rings. The topological polar surface area (TPSA) is 24.9 Å². The molecule has 6 aromatic carbocycles. The summed E-state index contributed by atoms with van der Waals surface area (Å²) in [5.41, 5.74) is 8.68. The SMILES string of the molecule is c1ccc(-c2cccc(N3c4ccccc4O[Si]34Oc3ccccc3N4c3cccc(-c4ccccc4)c3)c2)cc1. The molecular weight excluding hydrogens is 520 g/mol. The number of benzene rings is 6. The molecule has 8 rings (SSSR count). The number of fused-ring (bicyclic) bond motifs is 2. The van der Waals surface area contributed by atoms with E-state index in [-0.39, 0.29) is 0 Å². The molecule has 2 heterocycles. The lowest BCUT2D eigenvalue weighted by molar-refractivity contribution is 0.413. The van der Waals surface area contributed by atoms with Crippen molar-refractivity contribution in [3.05, 3.63) is 158 Å². The van der Waals surface area contributed by atoms with Crippen LogP contribution in [0.25, 0.3) is 22.3 Å². The summed E-state index contributed by atoms with van der Waals surface area (Å²) in [5.74, 6) is 1.64. The number of nitrogens with zero attached hydrogens (tertiary/aromatic N) is 2. The summed E-state index contributed by atoms with van der Waals surface area (Å²) in [6, 6.07) is 54.8.